The van der Waals surface area contributed by atoms with E-state index < -0.39 is 12.5 Å². The van der Waals surface area contributed by atoms with Gasteiger partial charge in [-0.1, -0.05) is 0 Å². The monoisotopic (exact) mass is 231 g/mol. The molecule has 0 amide bonds. The van der Waals surface area contributed by atoms with Gasteiger partial charge in [-0.25, -0.2) is 9.78 Å². The Kier molecular flexibility index (Phi) is 2.86. The molecule has 0 aliphatic carbocycles. The molecule has 0 saturated heterocycles. The van der Waals surface area contributed by atoms with Crippen LogP contribution in [-0.4, -0.2) is 22.1 Å². The van der Waals surface area contributed by atoms with Crippen LogP contribution in [0.1, 0.15) is 35.5 Å². The predicted molar refractivity (Wildman–Crippen MR) is 50.0 cm³/mol. The molecule has 1 aliphatic heterocycles. The summed E-state index contributed by atoms with van der Waals surface area (Å²) < 4.78 is 30.9. The topological polar surface area (TPSA) is 56.1 Å². The molecule has 1 aromatic rings. The average molecular weight is 231 g/mol. The van der Waals surface area contributed by atoms with Crippen molar-refractivity contribution in [1.29, 1.82) is 0 Å². The third-order valence-corrected chi connectivity index (χ3v) is 2.33. The third-order valence-electron chi connectivity index (χ3n) is 2.33. The SMILES string of the molecule is CCOC(=O)c1nc2c(n1C(F)F)CNC2. The lowest BCUT2D eigenvalue weighted by atomic mass is 10.4. The highest BCUT2D eigenvalue weighted by molar-refractivity contribution is 5.86. The predicted octanol–water partition coefficient (Wildman–Crippen LogP) is 1.06. The quantitative estimate of drug-likeness (QED) is 0.790. The molecule has 5 nitrogen and oxygen atoms in total. The van der Waals surface area contributed by atoms with Crippen molar-refractivity contribution in [2.24, 2.45) is 0 Å². The Hall–Kier alpha value is -1.50. The largest absolute Gasteiger partial charge is 0.460 e. The first kappa shape index (κ1) is 11.0. The molecule has 0 radical (unpaired) electrons. The number of imidazole rings is 1. The molecule has 2 heterocycles. The van der Waals surface area contributed by atoms with E-state index in [2.05, 4.69) is 15.0 Å². The van der Waals surface area contributed by atoms with Gasteiger partial charge in [0.25, 0.3) is 0 Å². The van der Waals surface area contributed by atoms with Gasteiger partial charge in [0.15, 0.2) is 0 Å². The molecule has 1 aliphatic rings. The second-order valence-electron chi connectivity index (χ2n) is 3.30. The third kappa shape index (κ3) is 1.67. The fourth-order valence-corrected chi connectivity index (χ4v) is 1.69. The van der Waals surface area contributed by atoms with Crippen LogP contribution in [0, 0.1) is 0 Å². The van der Waals surface area contributed by atoms with Gasteiger partial charge in [0.1, 0.15) is 0 Å². The lowest BCUT2D eigenvalue weighted by Gasteiger charge is -2.08. The Balaban J connectivity index is 2.41. The first-order chi connectivity index (χ1) is 7.65. The number of nitrogens with zero attached hydrogens (tertiary/aromatic N) is 2. The molecule has 0 fully saturated rings. The number of nitrogens with one attached hydrogen (secondary N) is 1. The van der Waals surface area contributed by atoms with Crippen molar-refractivity contribution in [2.45, 2.75) is 26.6 Å². The van der Waals surface area contributed by atoms with Crippen LogP contribution in [0.5, 0.6) is 0 Å². The van der Waals surface area contributed by atoms with Crippen LogP contribution in [0.25, 0.3) is 0 Å². The second-order valence-corrected chi connectivity index (χ2v) is 3.30. The highest BCUT2D eigenvalue weighted by Gasteiger charge is 2.29. The van der Waals surface area contributed by atoms with Crippen LogP contribution in [0.4, 0.5) is 8.78 Å². The molecule has 88 valence electrons. The number of carbonyl (C=O) groups is 1. The number of carbonyl (C=O) groups excluding carboxylic acids is 1. The Bertz CT molecular complexity index is 417. The van der Waals surface area contributed by atoms with Crippen molar-refractivity contribution in [3.63, 3.8) is 0 Å². The summed E-state index contributed by atoms with van der Waals surface area (Å²) >= 11 is 0. The van der Waals surface area contributed by atoms with Crippen LogP contribution < -0.4 is 5.32 Å². The fraction of sp³-hybridized carbons (Fsp3) is 0.556. The van der Waals surface area contributed by atoms with E-state index in [1.54, 1.807) is 6.92 Å². The molecule has 0 spiro atoms. The molecule has 0 aromatic carbocycles. The lowest BCUT2D eigenvalue weighted by Crippen LogP contribution is -2.17. The van der Waals surface area contributed by atoms with Crippen molar-refractivity contribution in [3.8, 4) is 0 Å². The highest BCUT2D eigenvalue weighted by Crippen LogP contribution is 2.24. The number of ether oxygens (including phenoxy) is 1. The Morgan fingerprint density at radius 1 is 1.62 bits per heavy atom. The first-order valence-electron chi connectivity index (χ1n) is 4.91. The summed E-state index contributed by atoms with van der Waals surface area (Å²) in [5, 5.41) is 2.89. The number of halogens is 2. The molecule has 2 rings (SSSR count). The van der Waals surface area contributed by atoms with E-state index in [0.29, 0.717) is 29.0 Å². The zero-order valence-corrected chi connectivity index (χ0v) is 8.67. The van der Waals surface area contributed by atoms with E-state index in [9.17, 15) is 13.6 Å². The van der Waals surface area contributed by atoms with Crippen molar-refractivity contribution < 1.29 is 18.3 Å². The van der Waals surface area contributed by atoms with E-state index in [-0.39, 0.29) is 12.4 Å². The maximum absolute atomic E-state index is 12.8. The van der Waals surface area contributed by atoms with Crippen LogP contribution in [0.15, 0.2) is 0 Å². The minimum Gasteiger partial charge on any atom is -0.460 e. The summed E-state index contributed by atoms with van der Waals surface area (Å²) in [5.41, 5.74) is 0.849. The van der Waals surface area contributed by atoms with Gasteiger partial charge in [-0.05, 0) is 6.92 Å². The zero-order chi connectivity index (χ0) is 11.7. The van der Waals surface area contributed by atoms with Gasteiger partial charge >= 0.3 is 12.5 Å². The Morgan fingerprint density at radius 2 is 2.38 bits per heavy atom. The van der Waals surface area contributed by atoms with Crippen molar-refractivity contribution >= 4 is 5.97 Å². The standard InChI is InChI=1S/C9H11F2N3O2/c1-2-16-8(15)7-13-5-3-12-4-6(5)14(7)9(10)11/h9,12H,2-4H2,1H3. The Morgan fingerprint density at radius 3 is 3.00 bits per heavy atom. The molecule has 0 bridgehead atoms. The molecule has 7 heteroatoms. The number of rotatable bonds is 3. The number of fused-ring (bicyclic) bond motifs is 1. The van der Waals surface area contributed by atoms with Crippen molar-refractivity contribution in [1.82, 2.24) is 14.9 Å². The van der Waals surface area contributed by atoms with E-state index in [0.717, 1.165) is 0 Å². The number of esters is 1. The normalized spacial score (nSPS) is 14.2. The van der Waals surface area contributed by atoms with Crippen LogP contribution >= 0.6 is 0 Å². The number of alkyl halides is 2. The number of hydrogen-bond donors (Lipinski definition) is 1. The van der Waals surface area contributed by atoms with E-state index in [1.165, 1.54) is 0 Å². The van der Waals surface area contributed by atoms with Gasteiger partial charge in [-0.3, -0.25) is 4.57 Å². The minimum atomic E-state index is -2.78. The van der Waals surface area contributed by atoms with E-state index >= 15 is 0 Å². The van der Waals surface area contributed by atoms with Gasteiger partial charge in [-0.2, -0.15) is 8.78 Å². The van der Waals surface area contributed by atoms with Gasteiger partial charge in [-0.15, -0.1) is 0 Å². The van der Waals surface area contributed by atoms with Gasteiger partial charge in [0.2, 0.25) is 5.82 Å². The molecule has 1 aromatic heterocycles. The Labute approximate surface area is 90.4 Å². The molecule has 0 saturated carbocycles. The van der Waals surface area contributed by atoms with Crippen molar-refractivity contribution in [2.75, 3.05) is 6.61 Å². The zero-order valence-electron chi connectivity index (χ0n) is 8.67. The lowest BCUT2D eigenvalue weighted by molar-refractivity contribution is 0.0392. The maximum Gasteiger partial charge on any atom is 0.374 e. The molecule has 16 heavy (non-hydrogen) atoms. The van der Waals surface area contributed by atoms with Gasteiger partial charge in [0.05, 0.1) is 18.0 Å². The van der Waals surface area contributed by atoms with Crippen LogP contribution in [0.2, 0.25) is 0 Å². The van der Waals surface area contributed by atoms with Crippen LogP contribution in [-0.2, 0) is 17.8 Å². The average Bonchev–Trinajstić information content (AvgIpc) is 2.74. The summed E-state index contributed by atoms with van der Waals surface area (Å²) in [6, 6.07) is 0. The summed E-state index contributed by atoms with van der Waals surface area (Å²) in [7, 11) is 0. The van der Waals surface area contributed by atoms with Gasteiger partial charge in [0, 0.05) is 13.1 Å². The molecular weight excluding hydrogens is 220 g/mol. The van der Waals surface area contributed by atoms with Gasteiger partial charge < -0.3 is 10.1 Å². The summed E-state index contributed by atoms with van der Waals surface area (Å²) in [6.45, 7) is -0.329. The number of hydrogen-bond acceptors (Lipinski definition) is 4. The number of aromatic nitrogens is 2. The molecular formula is C9H11F2N3O2. The molecule has 0 atom stereocenters. The second kappa shape index (κ2) is 4.17. The molecule has 0 unspecified atom stereocenters. The highest BCUT2D eigenvalue weighted by atomic mass is 19.3. The van der Waals surface area contributed by atoms with E-state index in [1.807, 2.05) is 0 Å². The smallest absolute Gasteiger partial charge is 0.374 e. The first-order valence-corrected chi connectivity index (χ1v) is 4.91. The fourth-order valence-electron chi connectivity index (χ4n) is 1.69. The van der Waals surface area contributed by atoms with Crippen LogP contribution in [0.3, 0.4) is 0 Å². The maximum atomic E-state index is 12.8. The van der Waals surface area contributed by atoms with E-state index in [4.69, 9.17) is 0 Å². The molecule has 1 N–H and O–H groups in total. The summed E-state index contributed by atoms with van der Waals surface area (Å²) in [6.07, 6.45) is 0. The summed E-state index contributed by atoms with van der Waals surface area (Å²) in [4.78, 5) is 15.3. The minimum absolute atomic E-state index is 0.137. The van der Waals surface area contributed by atoms with Crippen molar-refractivity contribution in [3.05, 3.63) is 17.2 Å². The summed E-state index contributed by atoms with van der Waals surface area (Å²) in [5.74, 6) is -1.12.